The molecule has 0 saturated carbocycles. The van der Waals surface area contributed by atoms with Crippen molar-refractivity contribution in [3.05, 3.63) is 76.0 Å². The second kappa shape index (κ2) is 7.31. The van der Waals surface area contributed by atoms with Crippen LogP contribution >= 0.6 is 0 Å². The lowest BCUT2D eigenvalue weighted by Gasteiger charge is -2.14. The van der Waals surface area contributed by atoms with Gasteiger partial charge < -0.3 is 4.57 Å². The van der Waals surface area contributed by atoms with Crippen LogP contribution in [0.1, 0.15) is 17.1 Å². The van der Waals surface area contributed by atoms with Crippen LogP contribution in [0.4, 0.5) is 0 Å². The minimum absolute atomic E-state index is 0.0900. The molecule has 0 radical (unpaired) electrons. The first-order valence-corrected chi connectivity index (χ1v) is 9.44. The van der Waals surface area contributed by atoms with Gasteiger partial charge in [0.15, 0.2) is 5.69 Å². The summed E-state index contributed by atoms with van der Waals surface area (Å²) in [6.45, 7) is 2.19. The molecule has 5 rings (SSSR count). The van der Waals surface area contributed by atoms with Crippen LogP contribution in [0, 0.1) is 18.3 Å². The number of hydrogen-bond acceptors (Lipinski definition) is 7. The third-order valence-corrected chi connectivity index (χ3v) is 5.12. The molecule has 0 bridgehead atoms. The van der Waals surface area contributed by atoms with Crippen LogP contribution in [-0.4, -0.2) is 40.4 Å². The summed E-state index contributed by atoms with van der Waals surface area (Å²) in [5.74, 6) is 1.11. The maximum atomic E-state index is 12.5. The van der Waals surface area contributed by atoms with Crippen LogP contribution in [0.15, 0.2) is 53.3 Å². The number of fused-ring (bicyclic) bond motifs is 1. The summed E-state index contributed by atoms with van der Waals surface area (Å²) in [5.41, 5.74) is 4.04. The summed E-state index contributed by atoms with van der Waals surface area (Å²) in [5, 5.41) is 29.9. The minimum Gasteiger partial charge on any atom is -0.319 e. The molecule has 2 aromatic carbocycles. The summed E-state index contributed by atoms with van der Waals surface area (Å²) in [6.07, 6.45) is 0. The fourth-order valence-electron chi connectivity index (χ4n) is 3.72. The van der Waals surface area contributed by atoms with E-state index in [1.165, 1.54) is 0 Å². The molecule has 0 amide bonds. The van der Waals surface area contributed by atoms with Crippen molar-refractivity contribution >= 4 is 11.0 Å². The van der Waals surface area contributed by atoms with E-state index in [0.29, 0.717) is 29.2 Å². The Kier molecular flexibility index (Phi) is 4.33. The average molecular weight is 409 g/mol. The maximum Gasteiger partial charge on any atom is 0.290 e. The van der Waals surface area contributed by atoms with E-state index in [1.807, 2.05) is 54.6 Å². The number of hydrogen-bond donors (Lipinski definition) is 2. The molecule has 10 nitrogen and oxygen atoms in total. The summed E-state index contributed by atoms with van der Waals surface area (Å²) >= 11 is 0. The Morgan fingerprint density at radius 2 is 1.77 bits per heavy atom. The smallest absolute Gasteiger partial charge is 0.290 e. The first-order chi connectivity index (χ1) is 15.2. The third-order valence-electron chi connectivity index (χ3n) is 5.12. The predicted molar refractivity (Wildman–Crippen MR) is 112 cm³/mol. The molecular weight excluding hydrogens is 394 g/mol. The molecule has 0 aliphatic heterocycles. The van der Waals surface area contributed by atoms with Gasteiger partial charge in [-0.05, 0) is 28.8 Å². The van der Waals surface area contributed by atoms with Crippen LogP contribution in [0.2, 0.25) is 0 Å². The molecule has 10 heteroatoms. The van der Waals surface area contributed by atoms with Crippen LogP contribution in [0.3, 0.4) is 0 Å². The van der Waals surface area contributed by atoms with Crippen molar-refractivity contribution in [1.29, 1.82) is 5.26 Å². The topological polar surface area (TPSA) is 142 Å². The van der Waals surface area contributed by atoms with E-state index in [9.17, 15) is 10.1 Å². The molecule has 0 spiro atoms. The molecule has 3 heterocycles. The van der Waals surface area contributed by atoms with Gasteiger partial charge in [0.25, 0.3) is 5.56 Å². The summed E-state index contributed by atoms with van der Waals surface area (Å²) in [7, 11) is 0. The SMILES string of the molecule is Cc1nc2c(C#N)n[nH]c(=O)c2n1Cc1ccccc1-c1ccccc1-c1nn[nH]n1. The maximum absolute atomic E-state index is 12.5. The second-order valence-electron chi connectivity index (χ2n) is 6.89. The quantitative estimate of drug-likeness (QED) is 0.463. The molecule has 0 aliphatic carbocycles. The van der Waals surface area contributed by atoms with Crippen LogP contribution in [0.25, 0.3) is 33.5 Å². The number of nitriles is 1. The number of benzene rings is 2. The molecule has 0 aliphatic rings. The molecule has 2 N–H and O–H groups in total. The van der Waals surface area contributed by atoms with E-state index in [-0.39, 0.29) is 11.3 Å². The highest BCUT2D eigenvalue weighted by Crippen LogP contribution is 2.32. The van der Waals surface area contributed by atoms with E-state index in [4.69, 9.17) is 0 Å². The molecule has 31 heavy (non-hydrogen) atoms. The van der Waals surface area contributed by atoms with Crippen molar-refractivity contribution in [1.82, 2.24) is 40.4 Å². The molecule has 0 saturated heterocycles. The van der Waals surface area contributed by atoms with E-state index in [1.54, 1.807) is 11.5 Å². The Labute approximate surface area is 175 Å². The number of nitrogens with one attached hydrogen (secondary N) is 2. The van der Waals surface area contributed by atoms with E-state index in [2.05, 4.69) is 35.8 Å². The first kappa shape index (κ1) is 18.4. The minimum atomic E-state index is -0.390. The van der Waals surface area contributed by atoms with Crippen molar-refractivity contribution in [2.45, 2.75) is 13.5 Å². The lowest BCUT2D eigenvalue weighted by Crippen LogP contribution is -2.15. The summed E-state index contributed by atoms with van der Waals surface area (Å²) < 4.78 is 1.80. The highest BCUT2D eigenvalue weighted by Gasteiger charge is 2.18. The largest absolute Gasteiger partial charge is 0.319 e. The summed E-state index contributed by atoms with van der Waals surface area (Å²) in [6, 6.07) is 17.7. The zero-order chi connectivity index (χ0) is 21.4. The van der Waals surface area contributed by atoms with Crippen molar-refractivity contribution in [2.24, 2.45) is 0 Å². The van der Waals surface area contributed by atoms with Gasteiger partial charge in [0.2, 0.25) is 5.82 Å². The molecule has 0 fully saturated rings. The molecule has 0 atom stereocenters. The van der Waals surface area contributed by atoms with E-state index >= 15 is 0 Å². The lowest BCUT2D eigenvalue weighted by atomic mass is 9.95. The monoisotopic (exact) mass is 409 g/mol. The molecule has 0 unspecified atom stereocenters. The van der Waals surface area contributed by atoms with Crippen molar-refractivity contribution < 1.29 is 0 Å². The highest BCUT2D eigenvalue weighted by molar-refractivity contribution is 5.83. The van der Waals surface area contributed by atoms with Gasteiger partial charge in [-0.1, -0.05) is 48.5 Å². The zero-order valence-corrected chi connectivity index (χ0v) is 16.4. The number of aryl methyl sites for hydroxylation is 1. The number of rotatable bonds is 4. The first-order valence-electron chi connectivity index (χ1n) is 9.44. The standard InChI is InChI=1S/C21H15N9O/c1-12-23-18-17(10-22)24-27-21(31)19(18)30(12)11-13-6-2-3-7-14(13)15-8-4-5-9-16(15)20-25-28-29-26-20/h2-9H,11H2,1H3,(H,27,31)(H,25,26,28,29). The highest BCUT2D eigenvalue weighted by atomic mass is 16.1. The number of aromatic amines is 2. The van der Waals surface area contributed by atoms with Gasteiger partial charge in [0.1, 0.15) is 22.9 Å². The third kappa shape index (κ3) is 3.05. The lowest BCUT2D eigenvalue weighted by molar-refractivity contribution is 0.781. The van der Waals surface area contributed by atoms with Gasteiger partial charge in [-0.3, -0.25) is 4.79 Å². The molecule has 5 aromatic rings. The predicted octanol–water partition coefficient (Wildman–Crippen LogP) is 2.20. The number of H-pyrrole nitrogens is 2. The molecular formula is C21H15N9O. The fourth-order valence-corrected chi connectivity index (χ4v) is 3.72. The number of imidazole rings is 1. The second-order valence-corrected chi connectivity index (χ2v) is 6.89. The number of nitrogens with zero attached hydrogens (tertiary/aromatic N) is 7. The van der Waals surface area contributed by atoms with Crippen molar-refractivity contribution in [2.75, 3.05) is 0 Å². The van der Waals surface area contributed by atoms with Gasteiger partial charge >= 0.3 is 0 Å². The Morgan fingerprint density at radius 3 is 2.52 bits per heavy atom. The van der Waals surface area contributed by atoms with E-state index < -0.39 is 0 Å². The molecule has 150 valence electrons. The van der Waals surface area contributed by atoms with Gasteiger partial charge in [-0.25, -0.2) is 10.1 Å². The zero-order valence-electron chi connectivity index (χ0n) is 16.4. The van der Waals surface area contributed by atoms with Crippen LogP contribution in [0.5, 0.6) is 0 Å². The Hall–Kier alpha value is -4.65. The Morgan fingerprint density at radius 1 is 1.03 bits per heavy atom. The van der Waals surface area contributed by atoms with Crippen LogP contribution in [-0.2, 0) is 6.54 Å². The Bertz CT molecular complexity index is 1510. The molecule has 3 aromatic heterocycles. The summed E-state index contributed by atoms with van der Waals surface area (Å²) in [4.78, 5) is 16.9. The van der Waals surface area contributed by atoms with Gasteiger partial charge in [-0.2, -0.15) is 15.6 Å². The number of tetrazole rings is 1. The van der Waals surface area contributed by atoms with Crippen LogP contribution < -0.4 is 5.56 Å². The van der Waals surface area contributed by atoms with Gasteiger partial charge in [-0.15, -0.1) is 10.2 Å². The normalized spacial score (nSPS) is 11.0. The van der Waals surface area contributed by atoms with Gasteiger partial charge in [0.05, 0.1) is 6.54 Å². The van der Waals surface area contributed by atoms with Crippen molar-refractivity contribution in [3.8, 4) is 28.6 Å². The van der Waals surface area contributed by atoms with Crippen molar-refractivity contribution in [3.63, 3.8) is 0 Å². The Balaban J connectivity index is 1.68. The average Bonchev–Trinajstić information content (AvgIpc) is 3.44. The van der Waals surface area contributed by atoms with Gasteiger partial charge in [0, 0.05) is 5.56 Å². The number of aromatic nitrogens is 8. The van der Waals surface area contributed by atoms with E-state index in [0.717, 1.165) is 22.3 Å². The fraction of sp³-hybridized carbons (Fsp3) is 0.0952.